The Morgan fingerprint density at radius 3 is 2.64 bits per heavy atom. The third kappa shape index (κ3) is 4.82. The van der Waals surface area contributed by atoms with Crippen molar-refractivity contribution in [2.24, 2.45) is 0 Å². The second-order valence-corrected chi connectivity index (χ2v) is 6.85. The number of carboxylic acids is 1. The number of alkyl halides is 3. The topological polar surface area (TPSA) is 60.9 Å². The van der Waals surface area contributed by atoms with Gasteiger partial charge < -0.3 is 10.0 Å². The number of hydrogen-bond acceptors (Lipinski definition) is 4. The van der Waals surface area contributed by atoms with Crippen molar-refractivity contribution in [1.82, 2.24) is 9.80 Å². The van der Waals surface area contributed by atoms with Gasteiger partial charge in [0.15, 0.2) is 0 Å². The molecule has 0 aliphatic carbocycles. The van der Waals surface area contributed by atoms with Crippen LogP contribution in [0.1, 0.15) is 17.7 Å². The number of carbonyl (C=O) groups excluding carboxylic acids is 1. The van der Waals surface area contributed by atoms with Gasteiger partial charge in [-0.3, -0.25) is 9.69 Å². The molecule has 0 saturated carbocycles. The molecular formula is C16H19F3N2O3S. The first-order chi connectivity index (χ1) is 11.7. The highest BCUT2D eigenvalue weighted by molar-refractivity contribution is 7.09. The lowest BCUT2D eigenvalue weighted by Gasteiger charge is -2.24. The second kappa shape index (κ2) is 8.01. The second-order valence-electron chi connectivity index (χ2n) is 5.82. The molecule has 0 unspecified atom stereocenters. The van der Waals surface area contributed by atoms with E-state index in [0.717, 1.165) is 19.5 Å². The van der Waals surface area contributed by atoms with Gasteiger partial charge in [0.2, 0.25) is 5.91 Å². The van der Waals surface area contributed by atoms with Crippen LogP contribution in [0.15, 0.2) is 30.2 Å². The number of rotatable bonds is 4. The molecule has 1 amide bonds. The van der Waals surface area contributed by atoms with Gasteiger partial charge >= 0.3 is 12.1 Å². The number of amides is 1. The van der Waals surface area contributed by atoms with Crippen LogP contribution in [-0.4, -0.2) is 58.1 Å². The van der Waals surface area contributed by atoms with Crippen molar-refractivity contribution in [2.45, 2.75) is 37.6 Å². The molecule has 0 spiro atoms. The van der Waals surface area contributed by atoms with Crippen molar-refractivity contribution in [2.75, 3.05) is 13.1 Å². The van der Waals surface area contributed by atoms with Crippen LogP contribution >= 0.6 is 11.3 Å². The van der Waals surface area contributed by atoms with E-state index in [0.29, 0.717) is 31.0 Å². The van der Waals surface area contributed by atoms with Crippen molar-refractivity contribution < 1.29 is 27.9 Å². The SMILES string of the molecule is C=CCN1C(=O)C[C@@H]2[C@@H]1CCN2Cc1cccs1.O=C(O)C(F)(F)F. The fourth-order valence-corrected chi connectivity index (χ4v) is 3.91. The van der Waals surface area contributed by atoms with E-state index in [4.69, 9.17) is 9.90 Å². The lowest BCUT2D eigenvalue weighted by Crippen LogP contribution is -2.37. The fourth-order valence-electron chi connectivity index (χ4n) is 3.18. The predicted octanol–water partition coefficient (Wildman–Crippen LogP) is 2.74. The number of thiophene rings is 1. The van der Waals surface area contributed by atoms with E-state index in [2.05, 4.69) is 29.0 Å². The largest absolute Gasteiger partial charge is 0.490 e. The van der Waals surface area contributed by atoms with Gasteiger partial charge in [-0.2, -0.15) is 13.2 Å². The summed E-state index contributed by atoms with van der Waals surface area (Å²) in [4.78, 5) is 26.7. The fraction of sp³-hybridized carbons (Fsp3) is 0.500. The first kappa shape index (κ1) is 19.5. The number of halogens is 3. The van der Waals surface area contributed by atoms with E-state index < -0.39 is 12.1 Å². The molecule has 3 rings (SSSR count). The maximum absolute atomic E-state index is 12.0. The Kier molecular flexibility index (Phi) is 6.23. The summed E-state index contributed by atoms with van der Waals surface area (Å²) in [6.45, 7) is 6.55. The van der Waals surface area contributed by atoms with Gasteiger partial charge in [-0.05, 0) is 17.9 Å². The molecule has 9 heteroatoms. The summed E-state index contributed by atoms with van der Waals surface area (Å²) in [5.74, 6) is -2.46. The van der Waals surface area contributed by atoms with Crippen LogP contribution in [0.4, 0.5) is 13.2 Å². The van der Waals surface area contributed by atoms with E-state index in [9.17, 15) is 18.0 Å². The molecule has 5 nitrogen and oxygen atoms in total. The van der Waals surface area contributed by atoms with Crippen LogP contribution in [0.3, 0.4) is 0 Å². The monoisotopic (exact) mass is 376 g/mol. The molecule has 3 heterocycles. The van der Waals surface area contributed by atoms with Crippen molar-refractivity contribution in [3.05, 3.63) is 35.0 Å². The van der Waals surface area contributed by atoms with Crippen LogP contribution in [-0.2, 0) is 16.1 Å². The minimum atomic E-state index is -5.08. The van der Waals surface area contributed by atoms with Crippen LogP contribution in [0, 0.1) is 0 Å². The zero-order valence-electron chi connectivity index (χ0n) is 13.4. The van der Waals surface area contributed by atoms with Crippen LogP contribution in [0.5, 0.6) is 0 Å². The van der Waals surface area contributed by atoms with Crippen LogP contribution in [0.2, 0.25) is 0 Å². The molecule has 0 aromatic carbocycles. The summed E-state index contributed by atoms with van der Waals surface area (Å²) < 4.78 is 31.7. The Hall–Kier alpha value is -1.87. The van der Waals surface area contributed by atoms with Gasteiger partial charge in [0.1, 0.15) is 0 Å². The first-order valence-electron chi connectivity index (χ1n) is 7.71. The highest BCUT2D eigenvalue weighted by Crippen LogP contribution is 2.33. The van der Waals surface area contributed by atoms with Gasteiger partial charge in [-0.25, -0.2) is 4.79 Å². The van der Waals surface area contributed by atoms with E-state index in [1.165, 1.54) is 4.88 Å². The summed E-state index contributed by atoms with van der Waals surface area (Å²) in [7, 11) is 0. The third-order valence-corrected chi connectivity index (χ3v) is 5.10. The number of nitrogens with zero attached hydrogens (tertiary/aromatic N) is 2. The molecule has 2 aliphatic heterocycles. The van der Waals surface area contributed by atoms with Crippen LogP contribution in [0.25, 0.3) is 0 Å². The summed E-state index contributed by atoms with van der Waals surface area (Å²) in [5, 5.41) is 9.24. The Balaban J connectivity index is 0.000000277. The minimum absolute atomic E-state index is 0.292. The number of aliphatic carboxylic acids is 1. The van der Waals surface area contributed by atoms with Gasteiger partial charge in [0, 0.05) is 43.0 Å². The van der Waals surface area contributed by atoms with E-state index >= 15 is 0 Å². The van der Waals surface area contributed by atoms with Gasteiger partial charge in [0.05, 0.1) is 0 Å². The molecule has 25 heavy (non-hydrogen) atoms. The molecule has 2 fully saturated rings. The predicted molar refractivity (Wildman–Crippen MR) is 87.1 cm³/mol. The Bertz CT molecular complexity index is 619. The highest BCUT2D eigenvalue weighted by Gasteiger charge is 2.45. The molecule has 0 radical (unpaired) electrons. The summed E-state index contributed by atoms with van der Waals surface area (Å²) in [6, 6.07) is 5.10. The Morgan fingerprint density at radius 1 is 1.44 bits per heavy atom. The Morgan fingerprint density at radius 2 is 2.12 bits per heavy atom. The van der Waals surface area contributed by atoms with Crippen molar-refractivity contribution in [3.8, 4) is 0 Å². The van der Waals surface area contributed by atoms with E-state index in [1.54, 1.807) is 11.3 Å². The molecule has 2 saturated heterocycles. The number of fused-ring (bicyclic) bond motifs is 1. The van der Waals surface area contributed by atoms with E-state index in [-0.39, 0.29) is 0 Å². The quantitative estimate of drug-likeness (QED) is 0.821. The average molecular weight is 376 g/mol. The maximum atomic E-state index is 12.0. The number of likely N-dealkylation sites (tertiary alicyclic amines) is 2. The van der Waals surface area contributed by atoms with Gasteiger partial charge in [0.25, 0.3) is 0 Å². The molecule has 1 N–H and O–H groups in total. The third-order valence-electron chi connectivity index (χ3n) is 4.24. The molecule has 2 atom stereocenters. The average Bonchev–Trinajstić information content (AvgIpc) is 3.21. The lowest BCUT2D eigenvalue weighted by molar-refractivity contribution is -0.192. The Labute approximate surface area is 147 Å². The normalized spacial score (nSPS) is 23.2. The zero-order chi connectivity index (χ0) is 18.6. The summed E-state index contributed by atoms with van der Waals surface area (Å²) >= 11 is 1.80. The van der Waals surface area contributed by atoms with E-state index in [1.807, 2.05) is 11.0 Å². The van der Waals surface area contributed by atoms with Crippen molar-refractivity contribution in [1.29, 1.82) is 0 Å². The smallest absolute Gasteiger partial charge is 0.475 e. The molecule has 1 aromatic heterocycles. The standard InChI is InChI=1S/C14H18N2OS.C2HF3O2/c1-2-6-16-12-5-7-15(13(12)9-14(16)17)10-11-4-3-8-18-11;3-2(4,5)1(6)7/h2-4,8,12-13H,1,5-7,9-10H2;(H,6,7)/t12-,13+;/m0./s1. The molecule has 2 aliphatic rings. The molecule has 138 valence electrons. The lowest BCUT2D eigenvalue weighted by atomic mass is 10.1. The highest BCUT2D eigenvalue weighted by atomic mass is 32.1. The molecule has 1 aromatic rings. The zero-order valence-corrected chi connectivity index (χ0v) is 14.2. The maximum Gasteiger partial charge on any atom is 0.490 e. The number of hydrogen-bond donors (Lipinski definition) is 1. The number of carboxylic acid groups (broad SMARTS) is 1. The van der Waals surface area contributed by atoms with Crippen molar-refractivity contribution >= 4 is 23.2 Å². The van der Waals surface area contributed by atoms with Crippen molar-refractivity contribution in [3.63, 3.8) is 0 Å². The first-order valence-corrected chi connectivity index (χ1v) is 8.59. The van der Waals surface area contributed by atoms with Crippen LogP contribution < -0.4 is 0 Å². The van der Waals surface area contributed by atoms with Gasteiger partial charge in [-0.1, -0.05) is 12.1 Å². The molecule has 0 bridgehead atoms. The number of carbonyl (C=O) groups is 2. The summed E-state index contributed by atoms with van der Waals surface area (Å²) in [6.07, 6.45) is -1.46. The summed E-state index contributed by atoms with van der Waals surface area (Å²) in [5.41, 5.74) is 0. The van der Waals surface area contributed by atoms with Gasteiger partial charge in [-0.15, -0.1) is 17.9 Å². The minimum Gasteiger partial charge on any atom is -0.475 e. The molecular weight excluding hydrogens is 357 g/mol.